The molecule has 0 spiro atoms. The minimum Gasteiger partial charge on any atom is -0.497 e. The molecule has 0 atom stereocenters. The van der Waals surface area contributed by atoms with Gasteiger partial charge in [0.25, 0.3) is 0 Å². The smallest absolute Gasteiger partial charge is 0.225 e. The molecule has 3 rings (SSSR count). The van der Waals surface area contributed by atoms with E-state index in [1.165, 1.54) is 5.56 Å². The zero-order chi connectivity index (χ0) is 22.2. The van der Waals surface area contributed by atoms with Crippen LogP contribution >= 0.6 is 0 Å². The topological polar surface area (TPSA) is 49.3 Å². The van der Waals surface area contributed by atoms with Gasteiger partial charge in [0.2, 0.25) is 5.90 Å². The van der Waals surface area contributed by atoms with Crippen molar-refractivity contribution in [2.24, 2.45) is 4.99 Å². The second kappa shape index (κ2) is 10.3. The molecule has 0 bridgehead atoms. The van der Waals surface area contributed by atoms with Crippen LogP contribution in [0.2, 0.25) is 0 Å². The largest absolute Gasteiger partial charge is 0.497 e. The Morgan fingerprint density at radius 2 is 1.52 bits per heavy atom. The normalized spacial score (nSPS) is 11.8. The van der Waals surface area contributed by atoms with Crippen LogP contribution in [0.5, 0.6) is 23.0 Å². The molecule has 0 heterocycles. The van der Waals surface area contributed by atoms with E-state index < -0.39 is 0 Å². The van der Waals surface area contributed by atoms with Gasteiger partial charge in [-0.1, -0.05) is 24.3 Å². The third kappa shape index (κ3) is 5.89. The van der Waals surface area contributed by atoms with E-state index in [1.54, 1.807) is 20.5 Å². The van der Waals surface area contributed by atoms with Gasteiger partial charge in [0.05, 0.1) is 26.2 Å². The Balaban J connectivity index is 1.95. The quantitative estimate of drug-likeness (QED) is 0.253. The standard InChI is InChI=1S/C26H27NO4/c1-18-13-14-21(15-19(18)2)27-26(31-23-10-8-9-22(16-23)28-4)20(3)17-30-25-12-7-6-11-24(25)29-5/h6-17H,1-5H3/b20-17+,27-26+. The third-order valence-corrected chi connectivity index (χ3v) is 4.75. The molecule has 0 aliphatic carbocycles. The molecule has 0 aliphatic heterocycles. The molecule has 31 heavy (non-hydrogen) atoms. The zero-order valence-electron chi connectivity index (χ0n) is 18.5. The summed E-state index contributed by atoms with van der Waals surface area (Å²) in [7, 11) is 3.23. The number of benzene rings is 3. The monoisotopic (exact) mass is 417 g/mol. The van der Waals surface area contributed by atoms with Gasteiger partial charge >= 0.3 is 0 Å². The number of rotatable bonds is 7. The van der Waals surface area contributed by atoms with Gasteiger partial charge in [0.15, 0.2) is 11.5 Å². The summed E-state index contributed by atoms with van der Waals surface area (Å²) in [6.45, 7) is 6.02. The summed E-state index contributed by atoms with van der Waals surface area (Å²) in [5, 5.41) is 0. The summed E-state index contributed by atoms with van der Waals surface area (Å²) in [5.74, 6) is 3.00. The van der Waals surface area contributed by atoms with E-state index in [2.05, 4.69) is 13.8 Å². The first kappa shape index (κ1) is 22.0. The van der Waals surface area contributed by atoms with Gasteiger partial charge in [-0.05, 0) is 68.3 Å². The average Bonchev–Trinajstić information content (AvgIpc) is 2.79. The Bertz CT molecular complexity index is 1100. The van der Waals surface area contributed by atoms with Crippen LogP contribution in [0.15, 0.2) is 83.6 Å². The van der Waals surface area contributed by atoms with Crippen LogP contribution in [0.1, 0.15) is 18.1 Å². The molecule has 0 amide bonds. The molecule has 5 nitrogen and oxygen atoms in total. The van der Waals surface area contributed by atoms with Crippen molar-refractivity contribution in [2.45, 2.75) is 20.8 Å². The zero-order valence-corrected chi connectivity index (χ0v) is 18.5. The predicted octanol–water partition coefficient (Wildman–Crippen LogP) is 6.41. The number of hydrogen-bond acceptors (Lipinski definition) is 5. The van der Waals surface area contributed by atoms with Crippen LogP contribution in [-0.2, 0) is 0 Å². The van der Waals surface area contributed by atoms with Crippen molar-refractivity contribution in [3.63, 3.8) is 0 Å². The SMILES string of the molecule is COc1cccc(OC(=N/c2ccc(C)c(C)c2)/C(C)=C/Oc2ccccc2OC)c1. The molecule has 0 saturated heterocycles. The molecule has 160 valence electrons. The van der Waals surface area contributed by atoms with Crippen molar-refractivity contribution < 1.29 is 18.9 Å². The van der Waals surface area contributed by atoms with E-state index >= 15 is 0 Å². The van der Waals surface area contributed by atoms with Gasteiger partial charge in [-0.2, -0.15) is 0 Å². The highest BCUT2D eigenvalue weighted by Crippen LogP contribution is 2.27. The summed E-state index contributed by atoms with van der Waals surface area (Å²) in [6, 6.07) is 20.9. The Hall–Kier alpha value is -3.73. The van der Waals surface area contributed by atoms with Crippen molar-refractivity contribution in [3.05, 3.63) is 89.7 Å². The van der Waals surface area contributed by atoms with Crippen LogP contribution in [0.25, 0.3) is 0 Å². The second-order valence-electron chi connectivity index (χ2n) is 7.04. The van der Waals surface area contributed by atoms with Gasteiger partial charge in [0.1, 0.15) is 11.5 Å². The molecule has 0 fully saturated rings. The maximum absolute atomic E-state index is 6.13. The Morgan fingerprint density at radius 1 is 0.774 bits per heavy atom. The number of methoxy groups -OCH3 is 2. The maximum atomic E-state index is 6.13. The number of ether oxygens (including phenoxy) is 4. The first-order valence-electron chi connectivity index (χ1n) is 9.95. The summed E-state index contributed by atoms with van der Waals surface area (Å²) in [6.07, 6.45) is 1.61. The van der Waals surface area contributed by atoms with E-state index in [9.17, 15) is 0 Å². The van der Waals surface area contributed by atoms with Gasteiger partial charge in [-0.3, -0.25) is 0 Å². The second-order valence-corrected chi connectivity index (χ2v) is 7.04. The first-order valence-corrected chi connectivity index (χ1v) is 9.95. The molecule has 0 radical (unpaired) electrons. The predicted molar refractivity (Wildman–Crippen MR) is 124 cm³/mol. The molecule has 0 N–H and O–H groups in total. The molecule has 3 aromatic rings. The molecule has 0 unspecified atom stereocenters. The highest BCUT2D eigenvalue weighted by Gasteiger charge is 2.10. The van der Waals surface area contributed by atoms with Gasteiger partial charge in [0, 0.05) is 11.6 Å². The molecule has 0 aromatic heterocycles. The summed E-state index contributed by atoms with van der Waals surface area (Å²) < 4.78 is 22.6. The minimum absolute atomic E-state index is 0.423. The summed E-state index contributed by atoms with van der Waals surface area (Å²) >= 11 is 0. The lowest BCUT2D eigenvalue weighted by Gasteiger charge is -2.12. The van der Waals surface area contributed by atoms with E-state index in [-0.39, 0.29) is 0 Å². The van der Waals surface area contributed by atoms with E-state index in [4.69, 9.17) is 23.9 Å². The van der Waals surface area contributed by atoms with Gasteiger partial charge in [-0.25, -0.2) is 4.99 Å². The number of hydrogen-bond donors (Lipinski definition) is 0. The van der Waals surface area contributed by atoms with E-state index in [0.29, 0.717) is 34.5 Å². The van der Waals surface area contributed by atoms with Crippen LogP contribution in [0.3, 0.4) is 0 Å². The first-order chi connectivity index (χ1) is 15.0. The molecular formula is C26H27NO4. The summed E-state index contributed by atoms with van der Waals surface area (Å²) in [4.78, 5) is 4.74. The number of aryl methyl sites for hydroxylation is 2. The van der Waals surface area contributed by atoms with Crippen LogP contribution in [0.4, 0.5) is 5.69 Å². The van der Waals surface area contributed by atoms with Gasteiger partial charge < -0.3 is 18.9 Å². The Morgan fingerprint density at radius 3 is 2.23 bits per heavy atom. The average molecular weight is 418 g/mol. The molecule has 5 heteroatoms. The van der Waals surface area contributed by atoms with Crippen LogP contribution < -0.4 is 18.9 Å². The number of aliphatic imine (C=N–C) groups is 1. The van der Waals surface area contributed by atoms with Crippen molar-refractivity contribution in [1.29, 1.82) is 0 Å². The Labute approximate surface area is 183 Å². The third-order valence-electron chi connectivity index (χ3n) is 4.75. The Kier molecular flexibility index (Phi) is 7.33. The van der Waals surface area contributed by atoms with Crippen molar-refractivity contribution in [3.8, 4) is 23.0 Å². The van der Waals surface area contributed by atoms with Crippen molar-refractivity contribution in [2.75, 3.05) is 14.2 Å². The van der Waals surface area contributed by atoms with Crippen LogP contribution in [0, 0.1) is 13.8 Å². The highest BCUT2D eigenvalue weighted by atomic mass is 16.5. The fourth-order valence-electron chi connectivity index (χ4n) is 2.80. The lowest BCUT2D eigenvalue weighted by atomic mass is 10.1. The minimum atomic E-state index is 0.423. The molecular weight excluding hydrogens is 390 g/mol. The number of nitrogens with zero attached hydrogens (tertiary/aromatic N) is 1. The molecule has 0 aliphatic rings. The van der Waals surface area contributed by atoms with Gasteiger partial charge in [-0.15, -0.1) is 0 Å². The van der Waals surface area contributed by atoms with Crippen molar-refractivity contribution >= 4 is 11.6 Å². The summed E-state index contributed by atoms with van der Waals surface area (Å²) in [5.41, 5.74) is 3.88. The molecule has 0 saturated carbocycles. The number of para-hydroxylation sites is 2. The van der Waals surface area contributed by atoms with E-state index in [0.717, 1.165) is 11.3 Å². The van der Waals surface area contributed by atoms with Crippen LogP contribution in [-0.4, -0.2) is 20.1 Å². The fraction of sp³-hybridized carbons (Fsp3) is 0.192. The highest BCUT2D eigenvalue weighted by molar-refractivity contribution is 5.96. The lowest BCUT2D eigenvalue weighted by molar-refractivity contribution is 0.377. The maximum Gasteiger partial charge on any atom is 0.225 e. The van der Waals surface area contributed by atoms with E-state index in [1.807, 2.05) is 73.7 Å². The fourth-order valence-corrected chi connectivity index (χ4v) is 2.80. The lowest BCUT2D eigenvalue weighted by Crippen LogP contribution is -2.11. The van der Waals surface area contributed by atoms with Crippen molar-refractivity contribution in [1.82, 2.24) is 0 Å². The molecule has 3 aromatic carbocycles.